The van der Waals surface area contributed by atoms with E-state index < -0.39 is 0 Å². The maximum absolute atomic E-state index is 5.96. The molecule has 0 bridgehead atoms. The van der Waals surface area contributed by atoms with Crippen LogP contribution in [0.5, 0.6) is 0 Å². The van der Waals surface area contributed by atoms with Gasteiger partial charge in [-0.3, -0.25) is 0 Å². The molecule has 0 saturated heterocycles. The molecule has 0 spiro atoms. The van der Waals surface area contributed by atoms with Crippen molar-refractivity contribution >= 4 is 17.7 Å². The lowest BCUT2D eigenvalue weighted by Gasteiger charge is -1.97. The molecule has 12 heavy (non-hydrogen) atoms. The maximum atomic E-state index is 5.96. The zero-order valence-corrected chi connectivity index (χ0v) is 8.18. The zero-order valence-electron chi connectivity index (χ0n) is 7.42. The summed E-state index contributed by atoms with van der Waals surface area (Å²) in [5, 5.41) is 0.814. The van der Waals surface area contributed by atoms with Crippen LogP contribution in [0, 0.1) is 5.92 Å². The Balaban J connectivity index is 2.82. The smallest absolute Gasteiger partial charge is 0.0478 e. The molecule has 0 amide bonds. The molecule has 0 atom stereocenters. The Morgan fingerprint density at radius 3 is 2.50 bits per heavy atom. The summed E-state index contributed by atoms with van der Waals surface area (Å²) in [6.45, 7) is 4.29. The van der Waals surface area contributed by atoms with E-state index in [0.29, 0.717) is 5.92 Å². The van der Waals surface area contributed by atoms with Gasteiger partial charge < -0.3 is 0 Å². The van der Waals surface area contributed by atoms with Gasteiger partial charge in [-0.15, -0.1) is 0 Å². The Hall–Kier alpha value is -0.750. The number of allylic oxidation sites excluding steroid dienone is 1. The summed E-state index contributed by atoms with van der Waals surface area (Å²) in [4.78, 5) is 0. The van der Waals surface area contributed by atoms with E-state index in [0.717, 1.165) is 10.6 Å². The lowest BCUT2D eigenvalue weighted by Crippen LogP contribution is -1.78. The highest BCUT2D eigenvalue weighted by molar-refractivity contribution is 6.32. The second-order valence-corrected chi connectivity index (χ2v) is 3.53. The molecule has 0 aliphatic rings. The molecular weight excluding hydrogens is 168 g/mol. The van der Waals surface area contributed by atoms with Gasteiger partial charge in [0, 0.05) is 5.02 Å². The quantitative estimate of drug-likeness (QED) is 0.645. The number of benzene rings is 1. The third-order valence-corrected chi connectivity index (χ3v) is 1.91. The molecule has 0 unspecified atom stereocenters. The highest BCUT2D eigenvalue weighted by Gasteiger charge is 1.92. The molecular formula is C11H13Cl. The van der Waals surface area contributed by atoms with Crippen LogP contribution in [0.15, 0.2) is 30.3 Å². The standard InChI is InChI=1S/C11H13Cl/c1-9(2)7-8-10-5-3-4-6-11(10)12/h3-9H,1-2H3/b8-7-. The Morgan fingerprint density at radius 1 is 1.25 bits per heavy atom. The molecule has 0 nitrogen and oxygen atoms in total. The van der Waals surface area contributed by atoms with Crippen molar-refractivity contribution in [2.45, 2.75) is 13.8 Å². The molecule has 0 saturated carbocycles. The average molecular weight is 181 g/mol. The second-order valence-electron chi connectivity index (χ2n) is 3.12. The fourth-order valence-corrected chi connectivity index (χ4v) is 1.11. The van der Waals surface area contributed by atoms with Crippen molar-refractivity contribution in [2.75, 3.05) is 0 Å². The minimum atomic E-state index is 0.571. The highest BCUT2D eigenvalue weighted by Crippen LogP contribution is 2.16. The van der Waals surface area contributed by atoms with E-state index >= 15 is 0 Å². The molecule has 1 rings (SSSR count). The second kappa shape index (κ2) is 4.32. The van der Waals surface area contributed by atoms with Crippen molar-refractivity contribution in [1.82, 2.24) is 0 Å². The van der Waals surface area contributed by atoms with Crippen molar-refractivity contribution < 1.29 is 0 Å². The van der Waals surface area contributed by atoms with Crippen LogP contribution in [0.3, 0.4) is 0 Å². The van der Waals surface area contributed by atoms with Gasteiger partial charge in [0.25, 0.3) is 0 Å². The van der Waals surface area contributed by atoms with E-state index in [1.165, 1.54) is 0 Å². The van der Waals surface area contributed by atoms with Crippen LogP contribution in [-0.4, -0.2) is 0 Å². The number of rotatable bonds is 2. The minimum Gasteiger partial charge on any atom is -0.0837 e. The summed E-state index contributed by atoms with van der Waals surface area (Å²) < 4.78 is 0. The fourth-order valence-electron chi connectivity index (χ4n) is 0.906. The molecule has 1 aromatic carbocycles. The van der Waals surface area contributed by atoms with Gasteiger partial charge in [0.1, 0.15) is 0 Å². The molecule has 0 aliphatic carbocycles. The Kier molecular flexibility index (Phi) is 3.36. The first-order chi connectivity index (χ1) is 5.70. The van der Waals surface area contributed by atoms with Gasteiger partial charge in [0.15, 0.2) is 0 Å². The Labute approximate surface area is 78.9 Å². The van der Waals surface area contributed by atoms with Crippen molar-refractivity contribution in [1.29, 1.82) is 0 Å². The summed E-state index contributed by atoms with van der Waals surface area (Å²) in [6.07, 6.45) is 4.20. The summed E-state index contributed by atoms with van der Waals surface area (Å²) in [6, 6.07) is 7.85. The molecule has 0 N–H and O–H groups in total. The number of halogens is 1. The van der Waals surface area contributed by atoms with Crippen LogP contribution >= 0.6 is 11.6 Å². The first-order valence-corrected chi connectivity index (χ1v) is 4.50. The molecule has 0 aromatic heterocycles. The van der Waals surface area contributed by atoms with Crippen LogP contribution < -0.4 is 0 Å². The van der Waals surface area contributed by atoms with Gasteiger partial charge in [-0.25, -0.2) is 0 Å². The van der Waals surface area contributed by atoms with E-state index in [2.05, 4.69) is 26.0 Å². The van der Waals surface area contributed by atoms with E-state index in [4.69, 9.17) is 11.6 Å². The normalized spacial score (nSPS) is 11.3. The topological polar surface area (TPSA) is 0 Å². The lowest BCUT2D eigenvalue weighted by atomic mass is 10.1. The molecule has 0 aliphatic heterocycles. The maximum Gasteiger partial charge on any atom is 0.0478 e. The summed E-state index contributed by atoms with van der Waals surface area (Å²) in [5.74, 6) is 0.571. The minimum absolute atomic E-state index is 0.571. The molecule has 1 aromatic rings. The zero-order chi connectivity index (χ0) is 8.97. The molecule has 0 fully saturated rings. The van der Waals surface area contributed by atoms with E-state index in [-0.39, 0.29) is 0 Å². The molecule has 0 heterocycles. The number of hydrogen-bond donors (Lipinski definition) is 0. The third-order valence-electron chi connectivity index (χ3n) is 1.57. The first-order valence-electron chi connectivity index (χ1n) is 4.13. The molecule has 64 valence electrons. The number of hydrogen-bond acceptors (Lipinski definition) is 0. The third kappa shape index (κ3) is 2.71. The summed E-state index contributed by atoms with van der Waals surface area (Å²) in [7, 11) is 0. The monoisotopic (exact) mass is 180 g/mol. The predicted molar refractivity (Wildman–Crippen MR) is 55.3 cm³/mol. The van der Waals surface area contributed by atoms with Gasteiger partial charge >= 0.3 is 0 Å². The van der Waals surface area contributed by atoms with Gasteiger partial charge in [-0.1, -0.05) is 55.8 Å². The molecule has 0 radical (unpaired) electrons. The SMILES string of the molecule is CC(C)/C=C\c1ccccc1Cl. The van der Waals surface area contributed by atoms with Crippen molar-refractivity contribution in [3.05, 3.63) is 40.9 Å². The van der Waals surface area contributed by atoms with Gasteiger partial charge in [0.05, 0.1) is 0 Å². The van der Waals surface area contributed by atoms with Crippen molar-refractivity contribution in [2.24, 2.45) is 5.92 Å². The Bertz CT molecular complexity index is 274. The van der Waals surface area contributed by atoms with E-state index in [1.807, 2.05) is 24.3 Å². The van der Waals surface area contributed by atoms with Crippen LogP contribution in [0.4, 0.5) is 0 Å². The Morgan fingerprint density at radius 2 is 1.92 bits per heavy atom. The highest BCUT2D eigenvalue weighted by atomic mass is 35.5. The average Bonchev–Trinajstić information content (AvgIpc) is 2.03. The van der Waals surface area contributed by atoms with E-state index in [1.54, 1.807) is 0 Å². The van der Waals surface area contributed by atoms with E-state index in [9.17, 15) is 0 Å². The lowest BCUT2D eigenvalue weighted by molar-refractivity contribution is 0.836. The van der Waals surface area contributed by atoms with Crippen LogP contribution in [-0.2, 0) is 0 Å². The van der Waals surface area contributed by atoms with Crippen LogP contribution in [0.1, 0.15) is 19.4 Å². The van der Waals surface area contributed by atoms with Gasteiger partial charge in [0.2, 0.25) is 0 Å². The van der Waals surface area contributed by atoms with Gasteiger partial charge in [-0.2, -0.15) is 0 Å². The van der Waals surface area contributed by atoms with Crippen molar-refractivity contribution in [3.63, 3.8) is 0 Å². The van der Waals surface area contributed by atoms with Crippen molar-refractivity contribution in [3.8, 4) is 0 Å². The van der Waals surface area contributed by atoms with Gasteiger partial charge in [-0.05, 0) is 17.5 Å². The predicted octanol–water partition coefficient (Wildman–Crippen LogP) is 4.01. The van der Waals surface area contributed by atoms with Crippen LogP contribution in [0.2, 0.25) is 5.02 Å². The summed E-state index contributed by atoms with van der Waals surface area (Å²) >= 11 is 5.96. The largest absolute Gasteiger partial charge is 0.0837 e. The first kappa shape index (κ1) is 9.34. The summed E-state index contributed by atoms with van der Waals surface area (Å²) in [5.41, 5.74) is 1.09. The van der Waals surface area contributed by atoms with Crippen LogP contribution in [0.25, 0.3) is 6.08 Å². The fraction of sp³-hybridized carbons (Fsp3) is 0.273. The molecule has 1 heteroatoms.